The van der Waals surface area contributed by atoms with Crippen molar-refractivity contribution in [3.05, 3.63) is 59.9 Å². The topological polar surface area (TPSA) is 122 Å². The fourth-order valence-corrected chi connectivity index (χ4v) is 7.74. The van der Waals surface area contributed by atoms with Crippen LogP contribution in [0.3, 0.4) is 0 Å². The molecule has 10 nitrogen and oxygen atoms in total. The summed E-state index contributed by atoms with van der Waals surface area (Å²) in [4.78, 5) is 39.7. The van der Waals surface area contributed by atoms with Gasteiger partial charge in [0.1, 0.15) is 28.6 Å². The molecular formula is C28H36FN3O7S2. The highest BCUT2D eigenvalue weighted by Crippen LogP contribution is 2.41. The number of halogens is 1. The lowest BCUT2D eigenvalue weighted by Crippen LogP contribution is -2.55. The summed E-state index contributed by atoms with van der Waals surface area (Å²) in [6.07, 6.45) is -0.512. The van der Waals surface area contributed by atoms with Gasteiger partial charge in [0.15, 0.2) is 0 Å². The number of amides is 2. The fraction of sp³-hybridized carbons (Fsp3) is 0.464. The predicted molar refractivity (Wildman–Crippen MR) is 153 cm³/mol. The predicted octanol–water partition coefficient (Wildman–Crippen LogP) is 3.80. The van der Waals surface area contributed by atoms with E-state index in [-0.39, 0.29) is 11.3 Å². The van der Waals surface area contributed by atoms with Crippen molar-refractivity contribution >= 4 is 39.8 Å². The van der Waals surface area contributed by atoms with Crippen molar-refractivity contribution in [2.45, 2.75) is 68.5 Å². The van der Waals surface area contributed by atoms with Crippen LogP contribution in [0, 0.1) is 5.82 Å². The van der Waals surface area contributed by atoms with Gasteiger partial charge in [-0.2, -0.15) is 4.31 Å². The molecule has 2 aromatic carbocycles. The first-order chi connectivity index (χ1) is 18.9. The molecule has 2 aromatic rings. The summed E-state index contributed by atoms with van der Waals surface area (Å²) in [6, 6.07) is 9.70. The van der Waals surface area contributed by atoms with Crippen LogP contribution < -0.4 is 10.1 Å². The van der Waals surface area contributed by atoms with E-state index in [1.165, 1.54) is 4.90 Å². The number of ether oxygens (including phenoxy) is 2. The van der Waals surface area contributed by atoms with Crippen LogP contribution in [0.4, 0.5) is 9.18 Å². The minimum Gasteiger partial charge on any atom is -0.458 e. The number of sulfonamides is 1. The van der Waals surface area contributed by atoms with Crippen LogP contribution in [-0.4, -0.2) is 78.0 Å². The average molecular weight is 610 g/mol. The van der Waals surface area contributed by atoms with Crippen LogP contribution in [0.1, 0.15) is 40.2 Å². The van der Waals surface area contributed by atoms with Crippen molar-refractivity contribution in [1.29, 1.82) is 0 Å². The van der Waals surface area contributed by atoms with Crippen molar-refractivity contribution < 1.29 is 36.7 Å². The zero-order valence-electron chi connectivity index (χ0n) is 24.1. The van der Waals surface area contributed by atoms with Crippen LogP contribution in [0.25, 0.3) is 0 Å². The van der Waals surface area contributed by atoms with E-state index in [0.29, 0.717) is 17.1 Å². The Labute approximate surface area is 244 Å². The van der Waals surface area contributed by atoms with Gasteiger partial charge in [-0.3, -0.25) is 4.79 Å². The molecule has 0 spiro atoms. The van der Waals surface area contributed by atoms with E-state index >= 15 is 0 Å². The van der Waals surface area contributed by atoms with Crippen molar-refractivity contribution in [3.63, 3.8) is 0 Å². The first kappa shape index (κ1) is 32.4. The third kappa shape index (κ3) is 8.20. The van der Waals surface area contributed by atoms with E-state index in [1.54, 1.807) is 73.0 Å². The highest BCUT2D eigenvalue weighted by molar-refractivity contribution is 8.02. The molecule has 2 amide bonds. The molecule has 1 fully saturated rings. The number of benzene rings is 2. The quantitative estimate of drug-likeness (QED) is 0.449. The van der Waals surface area contributed by atoms with Gasteiger partial charge in [-0.1, -0.05) is 12.1 Å². The van der Waals surface area contributed by atoms with Gasteiger partial charge in [-0.25, -0.2) is 22.4 Å². The smallest absolute Gasteiger partial charge is 0.414 e. The number of nitrogens with one attached hydrogen (secondary N) is 1. The second-order valence-electron chi connectivity index (χ2n) is 11.4. The second kappa shape index (κ2) is 12.4. The lowest BCUT2D eigenvalue weighted by Gasteiger charge is -2.33. The maximum absolute atomic E-state index is 13.6. The molecule has 1 N–H and O–H groups in total. The standard InChI is InChI=1S/C28H36FN3O7S2/c1-27(2,3)39-25(34)22(16-18-8-12-20(13-9-18)38-26(35)31(6)7)30-23(33)24-32(28(4,5)17-40-24)41(36,37)21-14-10-19(29)11-15-21/h8-15,22,24H,16-17H2,1-7H3,(H,30,33)/t22-,24-/m0/s1. The van der Waals surface area contributed by atoms with Crippen LogP contribution >= 0.6 is 11.8 Å². The van der Waals surface area contributed by atoms with Gasteiger partial charge in [0, 0.05) is 31.8 Å². The van der Waals surface area contributed by atoms with Crippen molar-refractivity contribution in [2.75, 3.05) is 19.8 Å². The number of hydrogen-bond acceptors (Lipinski definition) is 8. The maximum Gasteiger partial charge on any atom is 0.414 e. The van der Waals surface area contributed by atoms with Gasteiger partial charge in [0.25, 0.3) is 0 Å². The highest BCUT2D eigenvalue weighted by atomic mass is 32.2. The first-order valence-electron chi connectivity index (χ1n) is 12.8. The van der Waals surface area contributed by atoms with Crippen molar-refractivity contribution in [3.8, 4) is 5.75 Å². The average Bonchev–Trinajstić information content (AvgIpc) is 3.19. The monoisotopic (exact) mass is 609 g/mol. The van der Waals surface area contributed by atoms with E-state index in [9.17, 15) is 27.2 Å². The summed E-state index contributed by atoms with van der Waals surface area (Å²) in [7, 11) is -1.09. The van der Waals surface area contributed by atoms with Gasteiger partial charge in [-0.15, -0.1) is 11.8 Å². The number of carbonyl (C=O) groups excluding carboxylic acids is 3. The number of rotatable bonds is 8. The number of carbonyl (C=O) groups is 3. The Bertz CT molecular complexity index is 1370. The third-order valence-electron chi connectivity index (χ3n) is 5.94. The van der Waals surface area contributed by atoms with Gasteiger partial charge in [-0.05, 0) is 76.6 Å². The lowest BCUT2D eigenvalue weighted by molar-refractivity contribution is -0.158. The molecule has 1 aliphatic heterocycles. The Kier molecular flexibility index (Phi) is 9.77. The molecule has 2 atom stereocenters. The van der Waals surface area contributed by atoms with Gasteiger partial charge < -0.3 is 19.7 Å². The SMILES string of the molecule is CN(C)C(=O)Oc1ccc(C[C@H](NC(=O)[C@@H]2SCC(C)(C)N2S(=O)(=O)c2ccc(F)cc2)C(=O)OC(C)(C)C)cc1. The molecule has 0 aliphatic carbocycles. The van der Waals surface area contributed by atoms with E-state index in [1.807, 2.05) is 0 Å². The number of hydrogen-bond donors (Lipinski definition) is 1. The van der Waals surface area contributed by atoms with Crippen molar-refractivity contribution in [1.82, 2.24) is 14.5 Å². The Morgan fingerprint density at radius 3 is 2.22 bits per heavy atom. The summed E-state index contributed by atoms with van der Waals surface area (Å²) in [5.74, 6) is -1.34. The molecule has 13 heteroatoms. The maximum atomic E-state index is 13.6. The van der Waals surface area contributed by atoms with E-state index in [2.05, 4.69) is 5.32 Å². The van der Waals surface area contributed by atoms with E-state index < -0.39 is 56.4 Å². The van der Waals surface area contributed by atoms with Crippen molar-refractivity contribution in [2.24, 2.45) is 0 Å². The van der Waals surface area contributed by atoms with Crippen LogP contribution in [-0.2, 0) is 30.8 Å². The van der Waals surface area contributed by atoms with Gasteiger partial charge in [0.05, 0.1) is 4.90 Å². The number of nitrogens with zero attached hydrogens (tertiary/aromatic N) is 2. The molecule has 3 rings (SSSR count). The lowest BCUT2D eigenvalue weighted by atomic mass is 10.0. The fourth-order valence-electron chi connectivity index (χ4n) is 4.02. The molecule has 0 radical (unpaired) electrons. The van der Waals surface area contributed by atoms with Gasteiger partial charge in [0.2, 0.25) is 15.9 Å². The zero-order valence-corrected chi connectivity index (χ0v) is 25.8. The normalized spacial score (nSPS) is 17.9. The highest BCUT2D eigenvalue weighted by Gasteiger charge is 2.51. The molecule has 0 saturated carbocycles. The van der Waals surface area contributed by atoms with Gasteiger partial charge >= 0.3 is 12.1 Å². The summed E-state index contributed by atoms with van der Waals surface area (Å²) < 4.78 is 52.6. The number of esters is 1. The Balaban J connectivity index is 1.87. The molecule has 0 bridgehead atoms. The first-order valence-corrected chi connectivity index (χ1v) is 15.3. The summed E-state index contributed by atoms with van der Waals surface area (Å²) in [6.45, 7) is 8.49. The largest absolute Gasteiger partial charge is 0.458 e. The number of thioether (sulfide) groups is 1. The van der Waals surface area contributed by atoms with E-state index in [4.69, 9.17) is 9.47 Å². The van der Waals surface area contributed by atoms with Crippen LogP contribution in [0.2, 0.25) is 0 Å². The molecule has 1 saturated heterocycles. The zero-order chi connectivity index (χ0) is 30.8. The molecule has 1 heterocycles. The molecular weight excluding hydrogens is 573 g/mol. The minimum atomic E-state index is -4.20. The molecule has 0 aromatic heterocycles. The minimum absolute atomic E-state index is 0.0358. The Morgan fingerprint density at radius 1 is 1.10 bits per heavy atom. The van der Waals surface area contributed by atoms with Crippen LogP contribution in [0.15, 0.2) is 53.4 Å². The summed E-state index contributed by atoms with van der Waals surface area (Å²) in [5, 5.41) is 1.52. The third-order valence-corrected chi connectivity index (χ3v) is 9.78. The Hall–Kier alpha value is -3.16. The van der Waals surface area contributed by atoms with E-state index in [0.717, 1.165) is 40.3 Å². The van der Waals surface area contributed by atoms with Crippen LogP contribution in [0.5, 0.6) is 5.75 Å². The summed E-state index contributed by atoms with van der Waals surface area (Å²) in [5.41, 5.74) is -1.14. The summed E-state index contributed by atoms with van der Waals surface area (Å²) >= 11 is 1.13. The molecule has 41 heavy (non-hydrogen) atoms. The molecule has 0 unspecified atom stereocenters. The molecule has 1 aliphatic rings. The Morgan fingerprint density at radius 2 is 1.68 bits per heavy atom. The second-order valence-corrected chi connectivity index (χ2v) is 14.3. The molecule has 224 valence electrons.